The molecule has 0 radical (unpaired) electrons. The Bertz CT molecular complexity index is 551. The highest BCUT2D eigenvalue weighted by Gasteiger charge is 2.64. The third-order valence-electron chi connectivity index (χ3n) is 5.16. The quantitative estimate of drug-likeness (QED) is 0.757. The molecule has 21 heavy (non-hydrogen) atoms. The van der Waals surface area contributed by atoms with Gasteiger partial charge in [-0.2, -0.15) is 5.26 Å². The van der Waals surface area contributed by atoms with Crippen LogP contribution in [0.1, 0.15) is 39.0 Å². The minimum absolute atomic E-state index is 0.0437. The largest absolute Gasteiger partial charge is 0.324 e. The Kier molecular flexibility index (Phi) is 2.63. The summed E-state index contributed by atoms with van der Waals surface area (Å²) >= 11 is 0. The molecule has 0 N–H and O–H groups in total. The Morgan fingerprint density at radius 1 is 1.33 bits per heavy atom. The first-order valence-corrected chi connectivity index (χ1v) is 7.47. The lowest BCUT2D eigenvalue weighted by Crippen LogP contribution is -2.69. The van der Waals surface area contributed by atoms with Crippen LogP contribution in [0.3, 0.4) is 0 Å². The van der Waals surface area contributed by atoms with Crippen LogP contribution in [0.4, 0.5) is 0 Å². The summed E-state index contributed by atoms with van der Waals surface area (Å²) in [5.74, 6) is -2.75. The Morgan fingerprint density at radius 2 is 2.00 bits per heavy atom. The number of ether oxygens (including phenoxy) is 3. The van der Waals surface area contributed by atoms with Crippen molar-refractivity contribution in [3.8, 4) is 6.07 Å². The predicted molar refractivity (Wildman–Crippen MR) is 67.7 cm³/mol. The number of Topliss-reactive ketones (excluding diaryl/α,β-unsaturated/α-hetero) is 2. The van der Waals surface area contributed by atoms with Crippen molar-refractivity contribution in [3.63, 3.8) is 0 Å². The number of carbonyl (C=O) groups excluding carboxylic acids is 2. The summed E-state index contributed by atoms with van der Waals surface area (Å²) in [5, 5.41) is 9.17. The Morgan fingerprint density at radius 3 is 2.57 bits per heavy atom. The second-order valence-corrected chi connectivity index (χ2v) is 6.66. The van der Waals surface area contributed by atoms with E-state index in [1.54, 1.807) is 6.92 Å². The molecule has 0 aromatic rings. The third-order valence-corrected chi connectivity index (χ3v) is 5.16. The maximum atomic E-state index is 13.0. The van der Waals surface area contributed by atoms with Crippen LogP contribution < -0.4 is 0 Å². The number of ketones is 2. The number of hydrogen-bond acceptors (Lipinski definition) is 6. The summed E-state index contributed by atoms with van der Waals surface area (Å²) in [6, 6.07) is 2.00. The van der Waals surface area contributed by atoms with Crippen molar-refractivity contribution < 1.29 is 23.8 Å². The van der Waals surface area contributed by atoms with Crippen LogP contribution in [0, 0.1) is 23.2 Å². The highest BCUT2D eigenvalue weighted by atomic mass is 16.9. The van der Waals surface area contributed by atoms with Gasteiger partial charge in [0.2, 0.25) is 0 Å². The molecule has 2 aliphatic carbocycles. The first kappa shape index (κ1) is 13.4. The number of rotatable bonds is 2. The summed E-state index contributed by atoms with van der Waals surface area (Å²) in [5.41, 5.74) is -0.941. The van der Waals surface area contributed by atoms with Crippen LogP contribution in [0.15, 0.2) is 0 Å². The fourth-order valence-corrected chi connectivity index (χ4v) is 4.46. The molecule has 0 aromatic heterocycles. The van der Waals surface area contributed by atoms with Crippen LogP contribution in [-0.4, -0.2) is 35.3 Å². The minimum atomic E-state index is -1.16. The van der Waals surface area contributed by atoms with Crippen molar-refractivity contribution in [3.05, 3.63) is 0 Å². The first-order valence-electron chi connectivity index (χ1n) is 7.47. The molecule has 2 saturated carbocycles. The Labute approximate surface area is 122 Å². The molecule has 3 heterocycles. The van der Waals surface area contributed by atoms with E-state index in [4.69, 9.17) is 14.2 Å². The summed E-state index contributed by atoms with van der Waals surface area (Å²) in [4.78, 5) is 24.8. The van der Waals surface area contributed by atoms with Gasteiger partial charge in [0.15, 0.2) is 11.6 Å². The predicted octanol–water partition coefficient (Wildman–Crippen LogP) is 1.08. The topological polar surface area (TPSA) is 85.6 Å². The fraction of sp³-hybridized carbons (Fsp3) is 0.800. The molecular weight excluding hydrogens is 274 g/mol. The molecule has 6 nitrogen and oxygen atoms in total. The maximum absolute atomic E-state index is 13.0. The van der Waals surface area contributed by atoms with Gasteiger partial charge in [-0.25, -0.2) is 0 Å². The van der Waals surface area contributed by atoms with Crippen molar-refractivity contribution in [1.29, 1.82) is 5.26 Å². The number of nitriles is 1. The highest BCUT2D eigenvalue weighted by molar-refractivity contribution is 5.98. The average molecular weight is 291 g/mol. The zero-order chi connectivity index (χ0) is 14.8. The second kappa shape index (κ2) is 4.13. The molecule has 5 fully saturated rings. The van der Waals surface area contributed by atoms with Crippen LogP contribution in [0.2, 0.25) is 0 Å². The van der Waals surface area contributed by atoms with Gasteiger partial charge in [-0.3, -0.25) is 9.59 Å². The molecule has 3 saturated heterocycles. The third kappa shape index (κ3) is 1.81. The van der Waals surface area contributed by atoms with E-state index in [9.17, 15) is 14.9 Å². The van der Waals surface area contributed by atoms with Gasteiger partial charge in [-0.15, -0.1) is 0 Å². The second-order valence-electron chi connectivity index (χ2n) is 6.66. The molecule has 5 rings (SSSR count). The zero-order valence-electron chi connectivity index (χ0n) is 11.8. The fourth-order valence-electron chi connectivity index (χ4n) is 4.46. The summed E-state index contributed by atoms with van der Waals surface area (Å²) in [6.45, 7) is 1.69. The van der Waals surface area contributed by atoms with Gasteiger partial charge in [-0.1, -0.05) is 0 Å². The van der Waals surface area contributed by atoms with Crippen molar-refractivity contribution in [2.24, 2.45) is 11.8 Å². The molecule has 4 bridgehead atoms. The Balaban J connectivity index is 1.65. The summed E-state index contributed by atoms with van der Waals surface area (Å²) < 4.78 is 17.3. The normalized spacial score (nSPS) is 51.1. The van der Waals surface area contributed by atoms with Gasteiger partial charge >= 0.3 is 0 Å². The molecular formula is C15H17NO5. The number of hydrogen-bond donors (Lipinski definition) is 0. The van der Waals surface area contributed by atoms with Crippen LogP contribution in [0.5, 0.6) is 0 Å². The van der Waals surface area contributed by atoms with Gasteiger partial charge in [-0.05, 0) is 6.42 Å². The van der Waals surface area contributed by atoms with Gasteiger partial charge in [0, 0.05) is 38.5 Å². The highest BCUT2D eigenvalue weighted by Crippen LogP contribution is 2.52. The van der Waals surface area contributed by atoms with Crippen molar-refractivity contribution in [2.45, 2.75) is 62.8 Å². The van der Waals surface area contributed by atoms with E-state index in [0.717, 1.165) is 6.42 Å². The van der Waals surface area contributed by atoms with Crippen LogP contribution in [0.25, 0.3) is 0 Å². The zero-order valence-corrected chi connectivity index (χ0v) is 11.8. The molecule has 112 valence electrons. The van der Waals surface area contributed by atoms with Gasteiger partial charge in [0.1, 0.15) is 11.5 Å². The Hall–Kier alpha value is -1.29. The lowest BCUT2D eigenvalue weighted by atomic mass is 9.71. The van der Waals surface area contributed by atoms with Crippen molar-refractivity contribution >= 4 is 11.6 Å². The summed E-state index contributed by atoms with van der Waals surface area (Å²) in [6.07, 6.45) is 2.46. The molecule has 0 amide bonds. The van der Waals surface area contributed by atoms with Gasteiger partial charge in [0.05, 0.1) is 18.3 Å². The maximum Gasteiger partial charge on any atom is 0.281 e. The van der Waals surface area contributed by atoms with E-state index in [2.05, 4.69) is 0 Å². The number of carbonyl (C=O) groups is 2. The smallest absolute Gasteiger partial charge is 0.281 e. The lowest BCUT2D eigenvalue weighted by Gasteiger charge is -2.59. The molecule has 3 aliphatic heterocycles. The molecule has 4 atom stereocenters. The van der Waals surface area contributed by atoms with Gasteiger partial charge < -0.3 is 14.2 Å². The monoisotopic (exact) mass is 291 g/mol. The molecule has 4 unspecified atom stereocenters. The van der Waals surface area contributed by atoms with Crippen molar-refractivity contribution in [1.82, 2.24) is 0 Å². The SMILES string of the molecule is CC12OC3CC(CC(C(=O)C4CCC(=O)C4C#N)(C3)O1)O2. The van der Waals surface area contributed by atoms with E-state index >= 15 is 0 Å². The van der Waals surface area contributed by atoms with E-state index < -0.39 is 23.4 Å². The molecule has 6 heteroatoms. The molecule has 0 aromatic carbocycles. The van der Waals surface area contributed by atoms with Crippen LogP contribution >= 0.6 is 0 Å². The molecule has 0 spiro atoms. The molecule has 5 aliphatic rings. The first-order chi connectivity index (χ1) is 9.95. The van der Waals surface area contributed by atoms with Gasteiger partial charge in [0.25, 0.3) is 5.97 Å². The minimum Gasteiger partial charge on any atom is -0.324 e. The average Bonchev–Trinajstić information content (AvgIpc) is 2.75. The standard InChI is InChI=1S/C15H17NO5/c1-14-19-8-4-9(20-14)6-15(5-8,21-14)13(18)10-2-3-12(17)11(10)7-16/h8-11H,2-6H2,1H3. The van der Waals surface area contributed by atoms with E-state index in [0.29, 0.717) is 25.7 Å². The van der Waals surface area contributed by atoms with Crippen LogP contribution in [-0.2, 0) is 23.8 Å². The summed E-state index contributed by atoms with van der Waals surface area (Å²) in [7, 11) is 0. The van der Waals surface area contributed by atoms with E-state index in [1.165, 1.54) is 0 Å². The number of nitrogens with zero attached hydrogens (tertiary/aromatic N) is 1. The van der Waals surface area contributed by atoms with Crippen molar-refractivity contribution in [2.75, 3.05) is 0 Å². The van der Waals surface area contributed by atoms with E-state index in [-0.39, 0.29) is 23.8 Å². The lowest BCUT2D eigenvalue weighted by molar-refractivity contribution is -0.500. The van der Waals surface area contributed by atoms with E-state index in [1.807, 2.05) is 6.07 Å².